The van der Waals surface area contributed by atoms with Gasteiger partial charge in [0.1, 0.15) is 46.8 Å². The minimum absolute atomic E-state index is 0.0182. The quantitative estimate of drug-likeness (QED) is 0.0777. The van der Waals surface area contributed by atoms with Crippen LogP contribution in [0.25, 0.3) is 22.3 Å². The fraction of sp³-hybridized carbons (Fsp3) is 0.512. The first-order valence-electron chi connectivity index (χ1n) is 19.9. The first-order chi connectivity index (χ1) is 28.0. The summed E-state index contributed by atoms with van der Waals surface area (Å²) >= 11 is 2.50. The molecule has 2 saturated carbocycles. The molecule has 1 aliphatic heterocycles. The number of ether oxygens (including phenoxy) is 3. The van der Waals surface area contributed by atoms with Crippen LogP contribution < -0.4 is 30.2 Å². The molecular weight excluding hydrogens is 814 g/mol. The molecule has 1 unspecified atom stereocenters. The number of likely N-dealkylation sites (tertiary alicyclic amines) is 1. The van der Waals surface area contributed by atoms with Gasteiger partial charge in [0, 0.05) is 52.9 Å². The van der Waals surface area contributed by atoms with Gasteiger partial charge in [0.2, 0.25) is 11.8 Å². The van der Waals surface area contributed by atoms with Gasteiger partial charge in [0.25, 0.3) is 7.37 Å². The van der Waals surface area contributed by atoms with E-state index in [4.69, 9.17) is 24.2 Å². The van der Waals surface area contributed by atoms with Crippen LogP contribution in [0.15, 0.2) is 53.9 Å². The molecule has 3 fully saturated rings. The molecule has 0 bridgehead atoms. The van der Waals surface area contributed by atoms with E-state index < -0.39 is 60.1 Å². The lowest BCUT2D eigenvalue weighted by Crippen LogP contribution is -2.58. The largest absolute Gasteiger partial charge is 0.497 e. The Bertz CT molecular complexity index is 2260. The van der Waals surface area contributed by atoms with Gasteiger partial charge in [-0.1, -0.05) is 26.8 Å². The lowest BCUT2D eigenvalue weighted by Gasteiger charge is -2.35. The number of anilines is 1. The maximum atomic E-state index is 14.8. The number of rotatable bonds is 14. The maximum Gasteiger partial charge on any atom is 0.408 e. The number of amides is 3. The predicted octanol–water partition coefficient (Wildman–Crippen LogP) is 6.69. The van der Waals surface area contributed by atoms with Crippen molar-refractivity contribution in [3.8, 4) is 22.9 Å². The third-order valence-electron chi connectivity index (χ3n) is 11.1. The Kier molecular flexibility index (Phi) is 12.1. The number of pyridine rings is 1. The molecule has 4 N–H and O–H groups in total. The molecule has 0 radical (unpaired) electrons. The van der Waals surface area contributed by atoms with Gasteiger partial charge in [0.15, 0.2) is 9.88 Å². The molecule has 3 aliphatic rings. The molecule has 7 rings (SSSR count). The van der Waals surface area contributed by atoms with Gasteiger partial charge in [-0.25, -0.2) is 19.7 Å². The van der Waals surface area contributed by atoms with Crippen LogP contribution in [0.1, 0.15) is 73.1 Å². The van der Waals surface area contributed by atoms with Crippen LogP contribution in [-0.4, -0.2) is 91.9 Å². The van der Waals surface area contributed by atoms with E-state index >= 15 is 0 Å². The van der Waals surface area contributed by atoms with Gasteiger partial charge in [-0.15, -0.1) is 29.3 Å². The Labute approximate surface area is 351 Å². The molecule has 3 aromatic heterocycles. The summed E-state index contributed by atoms with van der Waals surface area (Å²) in [5.74, 6) is -0.586. The number of thiazole rings is 2. The lowest BCUT2D eigenvalue weighted by atomic mass is 9.85. The molecule has 15 nitrogen and oxygen atoms in total. The summed E-state index contributed by atoms with van der Waals surface area (Å²) in [6, 6.07) is 5.20. The van der Waals surface area contributed by atoms with E-state index in [1.807, 2.05) is 46.1 Å². The molecule has 18 heteroatoms. The first kappa shape index (κ1) is 42.6. The van der Waals surface area contributed by atoms with E-state index in [2.05, 4.69) is 27.5 Å². The summed E-state index contributed by atoms with van der Waals surface area (Å²) in [6.07, 6.45) is 5.01. The van der Waals surface area contributed by atoms with Gasteiger partial charge >= 0.3 is 6.09 Å². The highest BCUT2D eigenvalue weighted by Gasteiger charge is 2.67. The van der Waals surface area contributed by atoms with E-state index in [0.29, 0.717) is 33.8 Å². The highest BCUT2D eigenvalue weighted by Crippen LogP contribution is 2.69. The number of hydrogen-bond donors (Lipinski definition) is 4. The Balaban J connectivity index is 1.23. The lowest BCUT2D eigenvalue weighted by molar-refractivity contribution is -0.142. The van der Waals surface area contributed by atoms with Crippen LogP contribution in [0.3, 0.4) is 0 Å². The van der Waals surface area contributed by atoms with Gasteiger partial charge in [-0.05, 0) is 63.5 Å². The zero-order chi connectivity index (χ0) is 42.3. The second kappa shape index (κ2) is 16.8. The average molecular weight is 866 g/mol. The molecule has 2 aliphatic carbocycles. The second-order valence-corrected chi connectivity index (χ2v) is 21.2. The summed E-state index contributed by atoms with van der Waals surface area (Å²) in [6.45, 7) is 13.4. The third-order valence-corrected chi connectivity index (χ3v) is 15.8. The number of methoxy groups -OCH3 is 1. The Morgan fingerprint density at radius 3 is 2.51 bits per heavy atom. The van der Waals surface area contributed by atoms with E-state index in [0.717, 1.165) is 42.2 Å². The van der Waals surface area contributed by atoms with E-state index in [9.17, 15) is 23.8 Å². The highest BCUT2D eigenvalue weighted by molar-refractivity contribution is 7.73. The predicted molar refractivity (Wildman–Crippen MR) is 229 cm³/mol. The number of nitrogens with one attached hydrogen (secondary N) is 3. The summed E-state index contributed by atoms with van der Waals surface area (Å²) in [5.41, 5.74) is 0.985. The monoisotopic (exact) mass is 865 g/mol. The van der Waals surface area contributed by atoms with Crippen molar-refractivity contribution in [3.05, 3.63) is 53.9 Å². The van der Waals surface area contributed by atoms with E-state index in [1.165, 1.54) is 22.4 Å². The zero-order valence-corrected chi connectivity index (χ0v) is 36.6. The normalized spacial score (nSPS) is 23.4. The SMILES string of the molecule is C=C[C@@H]1C[C@]1(NC(=O)[C@@H]1C[C@@H](Oc2cc(-c3csc(NC(C)C)n3)nc3cc(OC)ccc23)CN1C(=O)[C@@H](NC(=O)OC1CCCC1)C(C)(C)C)P(=O)(O)c1nccs1. The van der Waals surface area contributed by atoms with Crippen molar-refractivity contribution in [2.75, 3.05) is 19.0 Å². The first-order valence-corrected chi connectivity index (χ1v) is 23.3. The van der Waals surface area contributed by atoms with Crippen molar-refractivity contribution in [1.29, 1.82) is 0 Å². The number of fused-ring (bicyclic) bond motifs is 1. The van der Waals surface area contributed by atoms with Crippen molar-refractivity contribution in [2.45, 2.75) is 109 Å². The number of aromatic nitrogens is 3. The number of carbonyl (C=O) groups excluding carboxylic acids is 3. The number of nitrogens with zero attached hydrogens (tertiary/aromatic N) is 4. The summed E-state index contributed by atoms with van der Waals surface area (Å²) < 4.78 is 32.1. The Hall–Kier alpha value is -4.57. The molecule has 1 saturated heterocycles. The van der Waals surface area contributed by atoms with Crippen molar-refractivity contribution < 1.29 is 38.1 Å². The van der Waals surface area contributed by atoms with E-state index in [1.54, 1.807) is 36.8 Å². The number of carbonyl (C=O) groups is 3. The number of alkyl carbamates (subject to hydrolysis) is 1. The van der Waals surface area contributed by atoms with Crippen molar-refractivity contribution >= 4 is 68.7 Å². The maximum absolute atomic E-state index is 14.8. The van der Waals surface area contributed by atoms with Crippen LogP contribution in [0.4, 0.5) is 9.93 Å². The molecule has 59 heavy (non-hydrogen) atoms. The second-order valence-electron chi connectivity index (χ2n) is 16.8. The van der Waals surface area contributed by atoms with Gasteiger partial charge in [0.05, 0.1) is 24.9 Å². The topological polar surface area (TPSA) is 194 Å². The van der Waals surface area contributed by atoms with Crippen LogP contribution in [0.5, 0.6) is 11.5 Å². The highest BCUT2D eigenvalue weighted by atomic mass is 32.1. The van der Waals surface area contributed by atoms with Gasteiger partial charge in [-0.3, -0.25) is 14.2 Å². The molecule has 4 heterocycles. The zero-order valence-electron chi connectivity index (χ0n) is 34.1. The van der Waals surface area contributed by atoms with Gasteiger partial charge in [-0.2, -0.15) is 0 Å². The minimum Gasteiger partial charge on any atom is -0.497 e. The minimum atomic E-state index is -4.25. The smallest absolute Gasteiger partial charge is 0.408 e. The molecule has 1 aromatic carbocycles. The van der Waals surface area contributed by atoms with Crippen LogP contribution >= 0.6 is 30.0 Å². The van der Waals surface area contributed by atoms with Gasteiger partial charge < -0.3 is 40.0 Å². The fourth-order valence-corrected chi connectivity index (χ4v) is 12.2. The van der Waals surface area contributed by atoms with E-state index in [-0.39, 0.29) is 36.3 Å². The van der Waals surface area contributed by atoms with Crippen molar-refractivity contribution in [3.63, 3.8) is 0 Å². The van der Waals surface area contributed by atoms with Crippen LogP contribution in [0, 0.1) is 11.3 Å². The number of benzene rings is 1. The molecular formula is C41H52N7O8PS2. The van der Waals surface area contributed by atoms with Crippen LogP contribution in [-0.2, 0) is 18.9 Å². The summed E-state index contributed by atoms with van der Waals surface area (Å²) in [4.78, 5) is 69.4. The molecule has 316 valence electrons. The van der Waals surface area contributed by atoms with Crippen molar-refractivity contribution in [1.82, 2.24) is 30.5 Å². The summed E-state index contributed by atoms with van der Waals surface area (Å²) in [5, 5.41) is 12.4. The third kappa shape index (κ3) is 8.84. The molecule has 0 spiro atoms. The summed E-state index contributed by atoms with van der Waals surface area (Å²) in [7, 11) is -2.68. The standard InChI is InChI=1S/C41H52N7O8PS2/c1-8-24-20-41(24,57(52,53)39-42-15-16-58-39)47-35(49)32-18-27(21-48(32)36(50)34(40(4,5)6)46-38(51)56-25-11-9-10-12-25)55-33-19-30(31-22-59-37(45-31)43-23(2)3)44-29-17-26(54-7)13-14-28(29)33/h8,13-17,19,22-25,27,32,34H,1,9-12,18,20-21H2,2-7H3,(H,43,45)(H,46,51)(H,47,49)(H,52,53)/t24-,27-,32+,34-,41+/m1/s1. The molecule has 4 aromatic rings. The number of hydrogen-bond acceptors (Lipinski definition) is 13. The molecule has 6 atom stereocenters. The fourth-order valence-electron chi connectivity index (χ4n) is 7.87. The van der Waals surface area contributed by atoms with Crippen molar-refractivity contribution in [2.24, 2.45) is 11.3 Å². The average Bonchev–Trinajstić information content (AvgIpc) is 3.84. The molecule has 3 amide bonds. The van der Waals surface area contributed by atoms with Crippen LogP contribution in [0.2, 0.25) is 0 Å². The Morgan fingerprint density at radius 2 is 1.86 bits per heavy atom. The Morgan fingerprint density at radius 1 is 1.10 bits per heavy atom.